The van der Waals surface area contributed by atoms with Crippen LogP contribution in [0.25, 0.3) is 0 Å². The molecule has 0 aliphatic carbocycles. The van der Waals surface area contributed by atoms with E-state index < -0.39 is 16.2 Å². The first-order valence-corrected chi connectivity index (χ1v) is 5.03. The highest BCUT2D eigenvalue weighted by molar-refractivity contribution is 8.30. The Kier molecular flexibility index (Phi) is 2.15. The van der Waals surface area contributed by atoms with Gasteiger partial charge in [-0.25, -0.2) is 4.79 Å². The summed E-state index contributed by atoms with van der Waals surface area (Å²) in [5, 5.41) is 0. The van der Waals surface area contributed by atoms with Crippen LogP contribution in [-0.4, -0.2) is 24.8 Å². The maximum Gasteiger partial charge on any atom is 0.320 e. The Morgan fingerprint density at radius 1 is 1.50 bits per heavy atom. The van der Waals surface area contributed by atoms with Crippen molar-refractivity contribution in [3.63, 3.8) is 0 Å². The summed E-state index contributed by atoms with van der Waals surface area (Å²) in [5.41, 5.74) is 4.85. The Morgan fingerprint density at radius 3 is 1.88 bits per heavy atom. The van der Waals surface area contributed by atoms with Crippen molar-refractivity contribution in [2.75, 3.05) is 18.8 Å². The topological polar surface area (TPSA) is 55.1 Å². The first kappa shape index (κ1) is 7.62. The summed E-state index contributed by atoms with van der Waals surface area (Å²) in [4.78, 5) is 10.1. The Bertz CT molecular complexity index is 96.7. The van der Waals surface area contributed by atoms with E-state index >= 15 is 0 Å². The molecule has 4 heteroatoms. The van der Waals surface area contributed by atoms with E-state index in [9.17, 15) is 4.79 Å². The van der Waals surface area contributed by atoms with E-state index in [1.165, 1.54) is 0 Å². The third-order valence-electron chi connectivity index (χ3n) is 0.407. The summed E-state index contributed by atoms with van der Waals surface area (Å²) in [6.45, 7) is 0. The van der Waals surface area contributed by atoms with E-state index in [1.54, 1.807) is 0 Å². The summed E-state index contributed by atoms with van der Waals surface area (Å²) in [6.07, 6.45) is 5.87. The summed E-state index contributed by atoms with van der Waals surface area (Å²) in [5.74, 6) is 0. The van der Waals surface area contributed by atoms with Crippen LogP contribution < -0.4 is 10.5 Å². The van der Waals surface area contributed by atoms with Gasteiger partial charge in [0.2, 0.25) is 0 Å². The van der Waals surface area contributed by atoms with Gasteiger partial charge in [-0.1, -0.05) is 0 Å². The maximum atomic E-state index is 10.1. The quantitative estimate of drug-likeness (QED) is 0.534. The Labute approximate surface area is 51.1 Å². The second-order valence-electron chi connectivity index (χ2n) is 2.30. The summed E-state index contributed by atoms with van der Waals surface area (Å²) in [6, 6.07) is -0.437. The van der Waals surface area contributed by atoms with Crippen LogP contribution in [0.1, 0.15) is 0 Å². The molecule has 3 N–H and O–H groups in total. The predicted octanol–water partition coefficient (Wildman–Crippen LogP) is 0.264. The molecule has 3 nitrogen and oxygen atoms in total. The number of nitrogens with one attached hydrogen (secondary N) is 1. The van der Waals surface area contributed by atoms with E-state index in [0.29, 0.717) is 0 Å². The van der Waals surface area contributed by atoms with Gasteiger partial charge in [0.1, 0.15) is 0 Å². The molecule has 0 saturated heterocycles. The average molecular weight is 136 g/mol. The number of hydrogen-bond donors (Lipinski definition) is 2. The SMILES string of the molecule is CS(C)(C)NC(N)=O. The first-order chi connectivity index (χ1) is 3.42. The highest BCUT2D eigenvalue weighted by Crippen LogP contribution is 2.27. The van der Waals surface area contributed by atoms with Crippen molar-refractivity contribution in [3.05, 3.63) is 0 Å². The lowest BCUT2D eigenvalue weighted by atomic mass is 11.2. The summed E-state index contributed by atoms with van der Waals surface area (Å²) in [7, 11) is -0.948. The van der Waals surface area contributed by atoms with Gasteiger partial charge in [-0.15, -0.1) is 0 Å². The Hall–Kier alpha value is -0.380. The van der Waals surface area contributed by atoms with Gasteiger partial charge in [0.05, 0.1) is 0 Å². The van der Waals surface area contributed by atoms with Gasteiger partial charge in [-0.2, -0.15) is 10.2 Å². The molecule has 8 heavy (non-hydrogen) atoms. The minimum Gasteiger partial charge on any atom is -0.351 e. The van der Waals surface area contributed by atoms with E-state index in [0.717, 1.165) is 0 Å². The number of urea groups is 1. The molecular formula is C4H12N2OS. The molecule has 0 bridgehead atoms. The summed E-state index contributed by atoms with van der Waals surface area (Å²) < 4.78 is 2.60. The standard InChI is InChI=1S/C4H12N2OS/c1-8(2,3)6-4(5)7/h1-3H3,(H3,5,6,7). The third kappa shape index (κ3) is 5.62. The molecule has 2 amide bonds. The molecule has 0 aromatic rings. The molecule has 0 aromatic heterocycles. The number of carbonyl (C=O) groups is 1. The van der Waals surface area contributed by atoms with Crippen molar-refractivity contribution in [1.82, 2.24) is 4.72 Å². The lowest BCUT2D eigenvalue weighted by Gasteiger charge is -2.24. The molecule has 0 fully saturated rings. The van der Waals surface area contributed by atoms with Gasteiger partial charge in [0.15, 0.2) is 0 Å². The molecule has 0 rings (SSSR count). The number of rotatable bonds is 1. The minimum atomic E-state index is -0.948. The van der Waals surface area contributed by atoms with Crippen molar-refractivity contribution < 1.29 is 4.79 Å². The van der Waals surface area contributed by atoms with Crippen LogP contribution in [-0.2, 0) is 0 Å². The fourth-order valence-corrected chi connectivity index (χ4v) is 0.905. The molecule has 0 heterocycles. The van der Waals surface area contributed by atoms with Crippen LogP contribution >= 0.6 is 10.2 Å². The number of carbonyl (C=O) groups excluding carboxylic acids is 1. The van der Waals surface area contributed by atoms with Crippen LogP contribution in [0.2, 0.25) is 0 Å². The molecule has 0 aliphatic heterocycles. The van der Waals surface area contributed by atoms with Gasteiger partial charge in [0.25, 0.3) is 0 Å². The van der Waals surface area contributed by atoms with Crippen LogP contribution in [0.4, 0.5) is 4.79 Å². The molecule has 50 valence electrons. The van der Waals surface area contributed by atoms with E-state index in [2.05, 4.69) is 4.72 Å². The van der Waals surface area contributed by atoms with Gasteiger partial charge in [0, 0.05) is 0 Å². The minimum absolute atomic E-state index is 0.437. The zero-order valence-corrected chi connectivity index (χ0v) is 6.21. The zero-order chi connectivity index (χ0) is 6.78. The van der Waals surface area contributed by atoms with Gasteiger partial charge >= 0.3 is 6.03 Å². The highest BCUT2D eigenvalue weighted by atomic mass is 32.3. The number of hydrogen-bond acceptors (Lipinski definition) is 1. The molecular weight excluding hydrogens is 124 g/mol. The van der Waals surface area contributed by atoms with Crippen molar-refractivity contribution in [2.24, 2.45) is 5.73 Å². The molecule has 0 aromatic carbocycles. The second-order valence-corrected chi connectivity index (χ2v) is 6.18. The smallest absolute Gasteiger partial charge is 0.320 e. The Balaban J connectivity index is 3.55. The lowest BCUT2D eigenvalue weighted by molar-refractivity contribution is 0.254. The van der Waals surface area contributed by atoms with E-state index in [-0.39, 0.29) is 0 Å². The van der Waals surface area contributed by atoms with Crippen molar-refractivity contribution in [2.45, 2.75) is 0 Å². The van der Waals surface area contributed by atoms with Gasteiger partial charge in [-0.05, 0) is 18.8 Å². The van der Waals surface area contributed by atoms with Gasteiger partial charge < -0.3 is 10.5 Å². The van der Waals surface area contributed by atoms with Gasteiger partial charge in [-0.3, -0.25) is 0 Å². The second kappa shape index (κ2) is 2.26. The Morgan fingerprint density at radius 2 is 1.88 bits per heavy atom. The monoisotopic (exact) mass is 136 g/mol. The molecule has 0 aliphatic rings. The zero-order valence-electron chi connectivity index (χ0n) is 5.39. The van der Waals surface area contributed by atoms with Crippen LogP contribution in [0.3, 0.4) is 0 Å². The molecule has 0 radical (unpaired) electrons. The molecule has 0 saturated carbocycles. The number of amides is 2. The van der Waals surface area contributed by atoms with Crippen LogP contribution in [0, 0.1) is 0 Å². The van der Waals surface area contributed by atoms with Crippen molar-refractivity contribution in [1.29, 1.82) is 0 Å². The molecule has 0 spiro atoms. The third-order valence-corrected chi connectivity index (χ3v) is 1.22. The van der Waals surface area contributed by atoms with Crippen molar-refractivity contribution in [3.8, 4) is 0 Å². The van der Waals surface area contributed by atoms with E-state index in [1.807, 2.05) is 18.8 Å². The maximum absolute atomic E-state index is 10.1. The highest BCUT2D eigenvalue weighted by Gasteiger charge is 2.03. The summed E-state index contributed by atoms with van der Waals surface area (Å²) >= 11 is 0. The van der Waals surface area contributed by atoms with Crippen LogP contribution in [0.15, 0.2) is 0 Å². The first-order valence-electron chi connectivity index (χ1n) is 2.17. The van der Waals surface area contributed by atoms with Crippen LogP contribution in [0.5, 0.6) is 0 Å². The predicted molar refractivity (Wildman–Crippen MR) is 38.1 cm³/mol. The molecule has 0 atom stereocenters. The van der Waals surface area contributed by atoms with E-state index in [4.69, 9.17) is 5.73 Å². The molecule has 0 unspecified atom stereocenters. The lowest BCUT2D eigenvalue weighted by Crippen LogP contribution is -2.30. The average Bonchev–Trinajstić information content (AvgIpc) is 1.21. The number of nitrogens with two attached hydrogens (primary N) is 1. The fraction of sp³-hybridized carbons (Fsp3) is 0.750. The largest absolute Gasteiger partial charge is 0.351 e. The normalized spacial score (nSPS) is 12.9. The number of primary amides is 1. The van der Waals surface area contributed by atoms with Crippen molar-refractivity contribution >= 4 is 16.2 Å². The fourth-order valence-electron chi connectivity index (χ4n) is 0.302.